The van der Waals surface area contributed by atoms with Crippen LogP contribution in [0.4, 0.5) is 4.39 Å². The SMILES string of the molecule is OCC(F)=C(Cl)Cl. The molecule has 0 bridgehead atoms. The summed E-state index contributed by atoms with van der Waals surface area (Å²) in [5, 5.41) is 7.90. The largest absolute Gasteiger partial charge is 0.389 e. The summed E-state index contributed by atoms with van der Waals surface area (Å²) in [5.74, 6) is -0.900. The molecule has 0 fully saturated rings. The first-order chi connectivity index (χ1) is 3.18. The standard InChI is InChI=1S/C3H3Cl2FO/c4-3(5)2(6)1-7/h7H,1H2. The van der Waals surface area contributed by atoms with Crippen molar-refractivity contribution in [3.05, 3.63) is 10.3 Å². The fourth-order valence-electron chi connectivity index (χ4n) is 0.0598. The van der Waals surface area contributed by atoms with Crippen LogP contribution in [-0.2, 0) is 0 Å². The van der Waals surface area contributed by atoms with Crippen LogP contribution in [0.15, 0.2) is 10.3 Å². The minimum Gasteiger partial charge on any atom is -0.389 e. The van der Waals surface area contributed by atoms with Crippen molar-refractivity contribution in [2.45, 2.75) is 0 Å². The fraction of sp³-hybridized carbons (Fsp3) is 0.333. The predicted molar refractivity (Wildman–Crippen MR) is 26.9 cm³/mol. The van der Waals surface area contributed by atoms with E-state index in [2.05, 4.69) is 0 Å². The lowest BCUT2D eigenvalue weighted by molar-refractivity contribution is 0.298. The molecule has 0 saturated carbocycles. The molecule has 42 valence electrons. The fourth-order valence-corrected chi connectivity index (χ4v) is 0.179. The van der Waals surface area contributed by atoms with E-state index in [0.717, 1.165) is 0 Å². The summed E-state index contributed by atoms with van der Waals surface area (Å²) < 4.78 is 11.1. The zero-order chi connectivity index (χ0) is 5.86. The van der Waals surface area contributed by atoms with Gasteiger partial charge in [-0.1, -0.05) is 23.2 Å². The van der Waals surface area contributed by atoms with Crippen molar-refractivity contribution in [3.63, 3.8) is 0 Å². The molecule has 0 spiro atoms. The Balaban J connectivity index is 3.72. The quantitative estimate of drug-likeness (QED) is 0.593. The van der Waals surface area contributed by atoms with Gasteiger partial charge in [-0.2, -0.15) is 0 Å². The second-order valence-electron chi connectivity index (χ2n) is 0.823. The molecule has 0 aromatic carbocycles. The number of aliphatic hydroxyl groups is 1. The zero-order valence-electron chi connectivity index (χ0n) is 3.29. The molecule has 0 amide bonds. The minimum atomic E-state index is -0.900. The van der Waals surface area contributed by atoms with Crippen LogP contribution in [0, 0.1) is 0 Å². The molecule has 4 heteroatoms. The molecule has 0 aliphatic carbocycles. The number of hydrogen-bond donors (Lipinski definition) is 1. The molecule has 0 atom stereocenters. The molecular formula is C3H3Cl2FO. The molecule has 0 aliphatic rings. The molecule has 0 heterocycles. The molecule has 0 aromatic heterocycles. The molecule has 0 unspecified atom stereocenters. The number of aliphatic hydroxyl groups excluding tert-OH is 1. The minimum absolute atomic E-state index is 0.512. The Bertz CT molecular complexity index is 86.9. The highest BCUT2D eigenvalue weighted by Gasteiger charge is 1.95. The summed E-state index contributed by atoms with van der Waals surface area (Å²) in [4.78, 5) is 0. The van der Waals surface area contributed by atoms with E-state index in [-0.39, 0.29) is 0 Å². The highest BCUT2D eigenvalue weighted by Crippen LogP contribution is 2.13. The second kappa shape index (κ2) is 3.24. The van der Waals surface area contributed by atoms with Crippen LogP contribution < -0.4 is 0 Å². The van der Waals surface area contributed by atoms with Crippen LogP contribution in [0.2, 0.25) is 0 Å². The average molecular weight is 145 g/mol. The van der Waals surface area contributed by atoms with Gasteiger partial charge in [0.25, 0.3) is 0 Å². The van der Waals surface area contributed by atoms with E-state index in [1.54, 1.807) is 0 Å². The van der Waals surface area contributed by atoms with E-state index in [9.17, 15) is 4.39 Å². The Morgan fingerprint density at radius 3 is 2.00 bits per heavy atom. The van der Waals surface area contributed by atoms with Gasteiger partial charge in [-0.3, -0.25) is 0 Å². The summed E-state index contributed by atoms with van der Waals surface area (Å²) in [6, 6.07) is 0. The third-order valence-corrected chi connectivity index (χ3v) is 0.754. The molecular weight excluding hydrogens is 142 g/mol. The van der Waals surface area contributed by atoms with Crippen LogP contribution in [0.3, 0.4) is 0 Å². The maximum absolute atomic E-state index is 11.6. The second-order valence-corrected chi connectivity index (χ2v) is 1.77. The van der Waals surface area contributed by atoms with Gasteiger partial charge in [0.05, 0.1) is 6.61 Å². The Morgan fingerprint density at radius 1 is 1.57 bits per heavy atom. The van der Waals surface area contributed by atoms with Crippen LogP contribution >= 0.6 is 23.2 Å². The first-order valence-corrected chi connectivity index (χ1v) is 2.24. The lowest BCUT2D eigenvalue weighted by atomic mass is 10.7. The van der Waals surface area contributed by atoms with Gasteiger partial charge >= 0.3 is 0 Å². The van der Waals surface area contributed by atoms with E-state index in [1.165, 1.54) is 0 Å². The predicted octanol–water partition coefficient (Wildman–Crippen LogP) is 1.59. The van der Waals surface area contributed by atoms with Crippen molar-refractivity contribution in [3.8, 4) is 0 Å². The van der Waals surface area contributed by atoms with Crippen molar-refractivity contribution in [2.24, 2.45) is 0 Å². The van der Waals surface area contributed by atoms with E-state index < -0.39 is 16.9 Å². The Kier molecular flexibility index (Phi) is 3.34. The number of hydrogen-bond acceptors (Lipinski definition) is 1. The van der Waals surface area contributed by atoms with Crippen molar-refractivity contribution in [1.29, 1.82) is 0 Å². The monoisotopic (exact) mass is 144 g/mol. The van der Waals surface area contributed by atoms with Gasteiger partial charge in [0.15, 0.2) is 5.83 Å². The van der Waals surface area contributed by atoms with Gasteiger partial charge in [-0.25, -0.2) is 4.39 Å². The van der Waals surface area contributed by atoms with Crippen LogP contribution in [0.25, 0.3) is 0 Å². The third kappa shape index (κ3) is 2.85. The van der Waals surface area contributed by atoms with Crippen LogP contribution in [-0.4, -0.2) is 11.7 Å². The maximum Gasteiger partial charge on any atom is 0.155 e. The van der Waals surface area contributed by atoms with Crippen molar-refractivity contribution < 1.29 is 9.50 Å². The molecule has 0 radical (unpaired) electrons. The summed E-state index contributed by atoms with van der Waals surface area (Å²) in [5.41, 5.74) is 0. The number of rotatable bonds is 1. The van der Waals surface area contributed by atoms with Gasteiger partial charge in [-0.05, 0) is 0 Å². The highest BCUT2D eigenvalue weighted by molar-refractivity contribution is 6.56. The summed E-state index contributed by atoms with van der Waals surface area (Å²) in [6.07, 6.45) is 0. The van der Waals surface area contributed by atoms with Crippen LogP contribution in [0.5, 0.6) is 0 Å². The normalized spacial score (nSPS) is 8.57. The maximum atomic E-state index is 11.6. The summed E-state index contributed by atoms with van der Waals surface area (Å²) >= 11 is 9.68. The Hall–Kier alpha value is 0.210. The van der Waals surface area contributed by atoms with Crippen LogP contribution in [0.1, 0.15) is 0 Å². The molecule has 7 heavy (non-hydrogen) atoms. The van der Waals surface area contributed by atoms with Gasteiger partial charge in [0.2, 0.25) is 0 Å². The molecule has 1 nitrogen and oxygen atoms in total. The zero-order valence-corrected chi connectivity index (χ0v) is 4.80. The molecule has 0 saturated heterocycles. The van der Waals surface area contributed by atoms with E-state index >= 15 is 0 Å². The Labute approximate surface area is 50.3 Å². The van der Waals surface area contributed by atoms with Crippen molar-refractivity contribution in [2.75, 3.05) is 6.61 Å². The first kappa shape index (κ1) is 7.21. The lowest BCUT2D eigenvalue weighted by Gasteiger charge is -1.84. The van der Waals surface area contributed by atoms with E-state index in [4.69, 9.17) is 28.3 Å². The molecule has 0 aromatic rings. The van der Waals surface area contributed by atoms with Crippen molar-refractivity contribution in [1.82, 2.24) is 0 Å². The lowest BCUT2D eigenvalue weighted by Crippen LogP contribution is -1.80. The topological polar surface area (TPSA) is 20.2 Å². The van der Waals surface area contributed by atoms with Crippen molar-refractivity contribution >= 4 is 23.2 Å². The molecule has 1 N–H and O–H groups in total. The Morgan fingerprint density at radius 2 is 2.00 bits per heavy atom. The highest BCUT2D eigenvalue weighted by atomic mass is 35.5. The summed E-state index contributed by atoms with van der Waals surface area (Å²) in [7, 11) is 0. The van der Waals surface area contributed by atoms with Gasteiger partial charge in [-0.15, -0.1) is 0 Å². The average Bonchev–Trinajstić information content (AvgIpc) is 1.65. The van der Waals surface area contributed by atoms with E-state index in [0.29, 0.717) is 0 Å². The van der Waals surface area contributed by atoms with Gasteiger partial charge in [0.1, 0.15) is 4.49 Å². The smallest absolute Gasteiger partial charge is 0.155 e. The van der Waals surface area contributed by atoms with E-state index in [1.807, 2.05) is 0 Å². The summed E-state index contributed by atoms with van der Waals surface area (Å²) in [6.45, 7) is -0.734. The van der Waals surface area contributed by atoms with Gasteiger partial charge in [0, 0.05) is 0 Å². The third-order valence-electron chi connectivity index (χ3n) is 0.344. The number of halogens is 3. The molecule has 0 aliphatic heterocycles. The first-order valence-electron chi connectivity index (χ1n) is 1.49. The molecule has 0 rings (SSSR count). The van der Waals surface area contributed by atoms with Gasteiger partial charge < -0.3 is 5.11 Å².